The van der Waals surface area contributed by atoms with E-state index < -0.39 is 71.2 Å². The van der Waals surface area contributed by atoms with Crippen molar-refractivity contribution in [1.82, 2.24) is 70.8 Å². The van der Waals surface area contributed by atoms with E-state index in [1.807, 2.05) is 93.0 Å². The molecule has 0 unspecified atom stereocenters. The predicted octanol–water partition coefficient (Wildman–Crippen LogP) is 13.5. The number of methoxy groups -OCH3 is 2. The lowest BCUT2D eigenvalue weighted by atomic mass is 9.96. The van der Waals surface area contributed by atoms with Crippen LogP contribution in [0.15, 0.2) is 182 Å². The Morgan fingerprint density at radius 2 is 0.952 bits per heavy atom. The molecule has 2 aliphatic heterocycles. The van der Waals surface area contributed by atoms with E-state index in [9.17, 15) is 53.3 Å². The molecule has 2 saturated heterocycles. The van der Waals surface area contributed by atoms with Gasteiger partial charge >= 0.3 is 30.4 Å². The van der Waals surface area contributed by atoms with Gasteiger partial charge in [-0.3, -0.25) is 39.1 Å². The highest BCUT2D eigenvalue weighted by Crippen LogP contribution is 2.45. The third kappa shape index (κ3) is 32.3. The molecule has 4 atom stereocenters. The van der Waals surface area contributed by atoms with Crippen LogP contribution >= 0.6 is 0 Å². The van der Waals surface area contributed by atoms with Crippen LogP contribution in [0.25, 0.3) is 33.2 Å². The molecule has 41 nitrogen and oxygen atoms in total. The zero-order valence-electron chi connectivity index (χ0n) is 84.5. The molecule has 2 fully saturated rings. The predicted molar refractivity (Wildman–Crippen MR) is 562 cm³/mol. The fourth-order valence-corrected chi connectivity index (χ4v) is 17.2. The fraction of sp³-hybridized carbons (Fsp3) is 0.406. The van der Waals surface area contributed by atoms with Gasteiger partial charge in [-0.25, -0.2) is 33.9 Å². The van der Waals surface area contributed by atoms with E-state index >= 15 is 0 Å². The number of urea groups is 2. The molecule has 4 aromatic heterocycles. The Hall–Kier alpha value is -15.9. The standard InChI is InChI=1S/C57H70N12O8.C26H33N5O8.C23H33N7O/c1-5-6-11-25-60-51-50-46(65-54(58)67-51)24-27-69(50)30-38-21-18-37(28-48(38)75-4)29-68-31-40(32-68)63-56(73)76-33-36-19-22-39(23-20-36)62-52(70)47(17-12-26-61-55(59)72)64-53(71)49(35(2)3)66-57(74)77-34-45-43-15-9-7-13-41(43)42-14-8-10-16-44(42)45;1-16(2)17(3)23(32)30-22(5-4-14-28-25(27)34)24(33)29-19-8-6-18(7-9-19)15-38-26(35)39-21-12-10-20(11-13-21)31(36)37;1-3-4-5-9-26-22-21-19(27-23(25)28-22)8-10-30(21)13-17-7-6-16(11-20(17)31-2)12-29-14-18(24)15-29/h7-10,13-16,18-24,27-28,35,40,45,47,49H,5-6,11-12,17,25-26,29-34H2,1-4H3,(H,62,70)(H,63,73)(H,64,71)(H,66,74)(H3,59,61,72)(H3,58,60,65,67);6-13,16-17,22H,4-5,14-15H2,1-3H3,(H,29,33)(H,30,32)(H3,27,28,34);6-8,10-11,18H,3-5,9,12-15,24H2,1-2H3,(H3,25,26,27,28)/t47-,49-;17-,22-;/m00./s1. The molecule has 782 valence electrons. The summed E-state index contributed by atoms with van der Waals surface area (Å²) < 4.78 is 37.1. The number of aromatic nitrogens is 6. The van der Waals surface area contributed by atoms with Crippen LogP contribution in [0, 0.1) is 27.9 Å². The Morgan fingerprint density at radius 1 is 0.490 bits per heavy atom. The number of hydrogen-bond donors (Lipinski definition) is 15. The number of fused-ring (bicyclic) bond motifs is 5. The van der Waals surface area contributed by atoms with Crippen molar-refractivity contribution in [2.75, 3.05) is 106 Å². The molecule has 0 bridgehead atoms. The van der Waals surface area contributed by atoms with E-state index in [1.54, 1.807) is 83.5 Å². The molecule has 147 heavy (non-hydrogen) atoms. The second kappa shape index (κ2) is 54.1. The summed E-state index contributed by atoms with van der Waals surface area (Å²) >= 11 is 0. The van der Waals surface area contributed by atoms with Crippen molar-refractivity contribution >= 4 is 117 Å². The van der Waals surface area contributed by atoms with Gasteiger partial charge < -0.3 is 119 Å². The van der Waals surface area contributed by atoms with Crippen molar-refractivity contribution in [2.45, 2.75) is 188 Å². The number of nitrogen functional groups attached to an aromatic ring is 2. The highest BCUT2D eigenvalue weighted by Gasteiger charge is 2.35. The van der Waals surface area contributed by atoms with Crippen LogP contribution in [0.1, 0.15) is 163 Å². The van der Waals surface area contributed by atoms with Gasteiger partial charge in [0.05, 0.1) is 49.3 Å². The number of alkyl carbamates (subject to hydrolysis) is 2. The lowest BCUT2D eigenvalue weighted by molar-refractivity contribution is -0.384. The monoisotopic (exact) mass is 2020 g/mol. The molecular formula is C106H136N24O17. The first kappa shape index (κ1) is 110. The van der Waals surface area contributed by atoms with E-state index in [1.165, 1.54) is 42.7 Å². The summed E-state index contributed by atoms with van der Waals surface area (Å²) in [6.07, 6.45) is 9.65. The van der Waals surface area contributed by atoms with Gasteiger partial charge in [0.1, 0.15) is 66.2 Å². The van der Waals surface area contributed by atoms with Gasteiger partial charge in [0.15, 0.2) is 11.6 Å². The number of benzene rings is 7. The number of hydrogen-bond acceptors (Lipinski definition) is 28. The molecular weight excluding hydrogens is 1880 g/mol. The number of ether oxygens (including phenoxy) is 6. The minimum Gasteiger partial charge on any atom is -0.496 e. The molecule has 20 N–H and O–H groups in total. The van der Waals surface area contributed by atoms with Gasteiger partial charge in [-0.15, -0.1) is 0 Å². The molecule has 6 heterocycles. The molecule has 11 aromatic rings. The van der Waals surface area contributed by atoms with Crippen LogP contribution in [0.3, 0.4) is 0 Å². The maximum absolute atomic E-state index is 13.8. The average molecular weight is 2020 g/mol. The Balaban J connectivity index is 0.000000226. The zero-order chi connectivity index (χ0) is 105. The molecule has 14 rings (SSSR count). The number of carbonyl (C=O) groups excluding carboxylic acids is 9. The SMILES string of the molecule is CC(C)[C@H](C)C(=O)N[C@@H](CCCNC(N)=O)C(=O)Nc1ccc(COC(=O)Oc2ccc([N+](=O)[O-])cc2)cc1.CCCCCNc1nc(N)nc2ccn(Cc3ccc(CN4CC(N)C4)cc3OC)c12.CCCCCNc1nc(N)nc2ccn(Cc3ccc(CN4CC(NC(=O)OCc5ccc(NC(=O)[C@H](CCCNC(N)=O)NC(=O)[C@@H](NC(=O)OCC6c7ccccc7-c7ccccc76)C(C)C)cc5)C4)cc3OC)c12. The zero-order valence-corrected chi connectivity index (χ0v) is 84.5. The Bertz CT molecular complexity index is 6270. The lowest BCUT2D eigenvalue weighted by Gasteiger charge is -2.39. The second-order valence-corrected chi connectivity index (χ2v) is 37.3. The Kier molecular flexibility index (Phi) is 40.5. The van der Waals surface area contributed by atoms with Crippen molar-refractivity contribution in [2.24, 2.45) is 35.0 Å². The largest absolute Gasteiger partial charge is 0.514 e. The van der Waals surface area contributed by atoms with E-state index in [2.05, 4.69) is 136 Å². The third-order valence-corrected chi connectivity index (χ3v) is 25.5. The maximum atomic E-state index is 13.8. The highest BCUT2D eigenvalue weighted by atomic mass is 16.7. The molecule has 0 saturated carbocycles. The number of nitrogens with zero attached hydrogens (tertiary/aromatic N) is 9. The van der Waals surface area contributed by atoms with Crippen LogP contribution in [0.4, 0.5) is 64.6 Å². The first-order valence-electron chi connectivity index (χ1n) is 49.6. The van der Waals surface area contributed by atoms with E-state index in [4.69, 9.17) is 57.1 Å². The normalized spacial score (nSPS) is 13.6. The number of nitro benzene ring substituents is 1. The number of anilines is 6. The first-order valence-corrected chi connectivity index (χ1v) is 49.6. The van der Waals surface area contributed by atoms with Crippen molar-refractivity contribution < 1.29 is 76.5 Å². The topological polar surface area (TPSA) is 570 Å². The Morgan fingerprint density at radius 3 is 1.40 bits per heavy atom. The van der Waals surface area contributed by atoms with Crippen LogP contribution in [-0.4, -0.2) is 201 Å². The molecule has 41 heteroatoms. The highest BCUT2D eigenvalue weighted by molar-refractivity contribution is 5.99. The van der Waals surface area contributed by atoms with Crippen LogP contribution in [0.2, 0.25) is 0 Å². The van der Waals surface area contributed by atoms with Gasteiger partial charge in [-0.05, 0) is 156 Å². The minimum atomic E-state index is -1.05. The number of nitro groups is 1. The average Bonchev–Trinajstić information content (AvgIpc) is 1.60. The summed E-state index contributed by atoms with van der Waals surface area (Å²) in [5.74, 6) is 1.27. The van der Waals surface area contributed by atoms with E-state index in [-0.39, 0.29) is 105 Å². The van der Waals surface area contributed by atoms with E-state index in [0.717, 1.165) is 143 Å². The van der Waals surface area contributed by atoms with Crippen LogP contribution in [-0.2, 0) is 72.8 Å². The molecule has 0 spiro atoms. The number of likely N-dealkylation sites (tertiary alicyclic amines) is 2. The van der Waals surface area contributed by atoms with Crippen molar-refractivity contribution in [1.29, 1.82) is 0 Å². The van der Waals surface area contributed by atoms with Gasteiger partial charge in [0.2, 0.25) is 35.5 Å². The smallest absolute Gasteiger partial charge is 0.496 e. The summed E-state index contributed by atoms with van der Waals surface area (Å²) in [7, 11) is 3.39. The number of non-ortho nitro benzene ring substituents is 1. The van der Waals surface area contributed by atoms with Gasteiger partial charge in [-0.1, -0.05) is 171 Å². The Labute approximate surface area is 853 Å². The van der Waals surface area contributed by atoms with Gasteiger partial charge in [-0.2, -0.15) is 9.97 Å². The first-order chi connectivity index (χ1) is 70.8. The van der Waals surface area contributed by atoms with Crippen LogP contribution in [0.5, 0.6) is 17.2 Å². The summed E-state index contributed by atoms with van der Waals surface area (Å²) in [6.45, 7) is 21.6. The number of nitrogens with one attached hydrogen (secondary N) is 10. The summed E-state index contributed by atoms with van der Waals surface area (Å²) in [5, 5.41) is 39.4. The van der Waals surface area contributed by atoms with Crippen molar-refractivity contribution in [3.05, 3.63) is 237 Å². The maximum Gasteiger partial charge on any atom is 0.514 e. The second-order valence-electron chi connectivity index (χ2n) is 37.3. The van der Waals surface area contributed by atoms with Crippen molar-refractivity contribution in [3.63, 3.8) is 0 Å². The van der Waals surface area contributed by atoms with Crippen molar-refractivity contribution in [3.8, 4) is 28.4 Å². The quantitative estimate of drug-likeness (QED) is 0.00420. The lowest BCUT2D eigenvalue weighted by Crippen LogP contribution is -2.58. The number of primary amides is 2. The number of unbranched alkanes of at least 4 members (excludes halogenated alkanes) is 4. The third-order valence-electron chi connectivity index (χ3n) is 25.5. The number of carbonyl (C=O) groups is 9. The number of rotatable bonds is 48. The van der Waals surface area contributed by atoms with Crippen LogP contribution < -0.4 is 96.0 Å². The summed E-state index contributed by atoms with van der Waals surface area (Å²) in [6, 6.07) is 46.8. The number of amides is 10. The molecule has 3 aliphatic rings. The molecule has 7 aromatic carbocycles. The van der Waals surface area contributed by atoms with E-state index in [0.29, 0.717) is 74.1 Å². The molecule has 1 aliphatic carbocycles. The van der Waals surface area contributed by atoms with Gasteiger partial charge in [0, 0.05) is 130 Å². The fourth-order valence-electron chi connectivity index (χ4n) is 17.2. The summed E-state index contributed by atoms with van der Waals surface area (Å²) in [4.78, 5) is 146. The number of nitrogens with two attached hydrogens (primary N) is 5. The molecule has 0 radical (unpaired) electrons. The molecule has 10 amide bonds. The van der Waals surface area contributed by atoms with Gasteiger partial charge in [0.25, 0.3) is 5.69 Å². The summed E-state index contributed by atoms with van der Waals surface area (Å²) in [5.41, 5.74) is 42.5. The minimum absolute atomic E-state index is 0.00187.